The molecule has 0 aliphatic carbocycles. The molecule has 0 fully saturated rings. The van der Waals surface area contributed by atoms with E-state index >= 15 is 0 Å². The van der Waals surface area contributed by atoms with E-state index in [1.807, 2.05) is 0 Å². The maximum absolute atomic E-state index is 10.0. The maximum Gasteiger partial charge on any atom is 0.202 e. The van der Waals surface area contributed by atoms with Crippen LogP contribution in [0.15, 0.2) is 24.3 Å². The number of aromatic hydroxyl groups is 2. The molecule has 96 valence electrons. The lowest BCUT2D eigenvalue weighted by Gasteiger charge is -2.12. The monoisotopic (exact) mass is 331 g/mol. The fraction of sp³-hybridized carbons (Fsp3) is 0.167. The summed E-state index contributed by atoms with van der Waals surface area (Å²) in [6.45, 7) is 0. The van der Waals surface area contributed by atoms with Crippen molar-refractivity contribution in [2.75, 3.05) is 7.11 Å². The summed E-state index contributed by atoms with van der Waals surface area (Å²) in [5.41, 5.74) is 1.06. The molecule has 1 heterocycles. The van der Waals surface area contributed by atoms with E-state index in [4.69, 9.17) is 16.3 Å². The molecule has 0 aliphatic heterocycles. The SMILES string of the molecule is COc1ccc(Cl)cc1-n1c(O)cc(CBr)c1O. The third-order valence-electron chi connectivity index (χ3n) is 2.56. The van der Waals surface area contributed by atoms with Crippen LogP contribution < -0.4 is 4.74 Å². The number of aromatic nitrogens is 1. The summed E-state index contributed by atoms with van der Waals surface area (Å²) in [7, 11) is 1.51. The van der Waals surface area contributed by atoms with Gasteiger partial charge < -0.3 is 14.9 Å². The smallest absolute Gasteiger partial charge is 0.202 e. The van der Waals surface area contributed by atoms with E-state index in [-0.39, 0.29) is 11.8 Å². The van der Waals surface area contributed by atoms with Gasteiger partial charge in [-0.05, 0) is 18.2 Å². The Labute approximate surface area is 118 Å². The third-order valence-corrected chi connectivity index (χ3v) is 3.40. The van der Waals surface area contributed by atoms with Crippen molar-refractivity contribution in [2.45, 2.75) is 5.33 Å². The van der Waals surface area contributed by atoms with Crippen LogP contribution >= 0.6 is 27.5 Å². The van der Waals surface area contributed by atoms with Crippen molar-refractivity contribution in [3.8, 4) is 23.2 Å². The van der Waals surface area contributed by atoms with E-state index in [9.17, 15) is 10.2 Å². The van der Waals surface area contributed by atoms with Gasteiger partial charge in [0.05, 0.1) is 12.8 Å². The Morgan fingerprint density at radius 3 is 2.61 bits per heavy atom. The van der Waals surface area contributed by atoms with Gasteiger partial charge in [-0.3, -0.25) is 0 Å². The second-order valence-corrected chi connectivity index (χ2v) is 4.63. The Bertz CT molecular complexity index is 583. The van der Waals surface area contributed by atoms with Crippen molar-refractivity contribution in [3.05, 3.63) is 34.9 Å². The molecule has 0 spiro atoms. The largest absolute Gasteiger partial charge is 0.495 e. The Morgan fingerprint density at radius 2 is 2.06 bits per heavy atom. The van der Waals surface area contributed by atoms with Crippen LogP contribution in [0.1, 0.15) is 5.56 Å². The highest BCUT2D eigenvalue weighted by Crippen LogP contribution is 2.37. The molecule has 1 aromatic heterocycles. The first-order valence-corrected chi connectivity index (χ1v) is 6.61. The highest BCUT2D eigenvalue weighted by molar-refractivity contribution is 9.08. The van der Waals surface area contributed by atoms with Gasteiger partial charge in [0.15, 0.2) is 5.88 Å². The first-order valence-electron chi connectivity index (χ1n) is 5.11. The van der Waals surface area contributed by atoms with Gasteiger partial charge >= 0.3 is 0 Å². The number of hydrogen-bond acceptors (Lipinski definition) is 3. The predicted octanol–water partition coefficient (Wildman–Crippen LogP) is 3.45. The summed E-state index contributed by atoms with van der Waals surface area (Å²) in [4.78, 5) is 0. The number of alkyl halides is 1. The molecule has 0 amide bonds. The molecule has 2 aromatic rings. The minimum Gasteiger partial charge on any atom is -0.495 e. The van der Waals surface area contributed by atoms with Crippen molar-refractivity contribution >= 4 is 27.5 Å². The zero-order chi connectivity index (χ0) is 13.3. The molecule has 4 nitrogen and oxygen atoms in total. The molecule has 2 rings (SSSR count). The lowest BCUT2D eigenvalue weighted by Crippen LogP contribution is -1.97. The van der Waals surface area contributed by atoms with Gasteiger partial charge in [0.25, 0.3) is 0 Å². The summed E-state index contributed by atoms with van der Waals surface area (Å²) < 4.78 is 6.47. The van der Waals surface area contributed by atoms with Crippen molar-refractivity contribution in [2.24, 2.45) is 0 Å². The quantitative estimate of drug-likeness (QED) is 0.847. The fourth-order valence-electron chi connectivity index (χ4n) is 1.71. The fourth-order valence-corrected chi connectivity index (χ4v) is 2.29. The molecule has 0 saturated carbocycles. The molecular formula is C12H11BrClNO3. The van der Waals surface area contributed by atoms with Gasteiger partial charge in [0, 0.05) is 22.0 Å². The molecule has 0 saturated heterocycles. The molecule has 0 atom stereocenters. The van der Waals surface area contributed by atoms with Gasteiger partial charge in [-0.25, -0.2) is 4.57 Å². The molecule has 0 aliphatic rings. The maximum atomic E-state index is 10.0. The van der Waals surface area contributed by atoms with Crippen molar-refractivity contribution in [3.63, 3.8) is 0 Å². The second kappa shape index (κ2) is 5.12. The summed E-state index contributed by atoms with van der Waals surface area (Å²) >= 11 is 9.16. The predicted molar refractivity (Wildman–Crippen MR) is 73.3 cm³/mol. The third kappa shape index (κ3) is 2.15. The van der Waals surface area contributed by atoms with Gasteiger partial charge in [-0.1, -0.05) is 27.5 Å². The van der Waals surface area contributed by atoms with Crippen LogP contribution in [0.2, 0.25) is 5.02 Å². The minimum absolute atomic E-state index is 0.0510. The zero-order valence-electron chi connectivity index (χ0n) is 9.52. The summed E-state index contributed by atoms with van der Waals surface area (Å²) in [5, 5.41) is 20.9. The second-order valence-electron chi connectivity index (χ2n) is 3.64. The average molecular weight is 333 g/mol. The highest BCUT2D eigenvalue weighted by Gasteiger charge is 2.17. The normalized spacial score (nSPS) is 10.6. The van der Waals surface area contributed by atoms with Crippen molar-refractivity contribution in [1.29, 1.82) is 0 Å². The number of hydrogen-bond donors (Lipinski definition) is 2. The van der Waals surface area contributed by atoms with E-state index < -0.39 is 0 Å². The standard InChI is InChI=1S/C12H11BrClNO3/c1-18-10-3-2-8(14)5-9(10)15-11(16)4-7(6-13)12(15)17/h2-5,16-17H,6H2,1H3. The number of rotatable bonds is 3. The zero-order valence-corrected chi connectivity index (χ0v) is 11.9. The molecule has 0 bridgehead atoms. The summed E-state index contributed by atoms with van der Waals surface area (Å²) in [6, 6.07) is 6.43. The molecular weight excluding hydrogens is 321 g/mol. The molecule has 0 radical (unpaired) electrons. The Morgan fingerprint density at radius 1 is 1.33 bits per heavy atom. The summed E-state index contributed by atoms with van der Waals surface area (Å²) in [6.07, 6.45) is 0. The molecule has 2 N–H and O–H groups in total. The lowest BCUT2D eigenvalue weighted by molar-refractivity contribution is 0.386. The Kier molecular flexibility index (Phi) is 3.73. The van der Waals surface area contributed by atoms with Gasteiger partial charge in [0.2, 0.25) is 5.88 Å². The average Bonchev–Trinajstić information content (AvgIpc) is 2.64. The molecule has 6 heteroatoms. The first kappa shape index (κ1) is 13.1. The van der Waals surface area contributed by atoms with Gasteiger partial charge in [-0.2, -0.15) is 0 Å². The van der Waals surface area contributed by atoms with Crippen LogP contribution in [-0.4, -0.2) is 21.9 Å². The molecule has 0 unspecified atom stereocenters. The number of nitrogens with zero attached hydrogens (tertiary/aromatic N) is 1. The van der Waals surface area contributed by atoms with E-state index in [1.165, 1.54) is 17.7 Å². The van der Waals surface area contributed by atoms with Crippen LogP contribution in [0.3, 0.4) is 0 Å². The van der Waals surface area contributed by atoms with Crippen LogP contribution in [0.5, 0.6) is 17.5 Å². The highest BCUT2D eigenvalue weighted by atomic mass is 79.9. The number of benzene rings is 1. The summed E-state index contributed by atoms with van der Waals surface area (Å²) in [5.74, 6) is 0.370. The van der Waals surface area contributed by atoms with Crippen molar-refractivity contribution < 1.29 is 14.9 Å². The van der Waals surface area contributed by atoms with E-state index in [0.717, 1.165) is 0 Å². The van der Waals surface area contributed by atoms with Crippen LogP contribution in [0, 0.1) is 0 Å². The first-order chi connectivity index (χ1) is 8.58. The van der Waals surface area contributed by atoms with Crippen LogP contribution in [0.4, 0.5) is 0 Å². The Balaban J connectivity index is 2.68. The van der Waals surface area contributed by atoms with Crippen LogP contribution in [-0.2, 0) is 5.33 Å². The number of halogens is 2. The molecule has 1 aromatic carbocycles. The van der Waals surface area contributed by atoms with Gasteiger partial charge in [0.1, 0.15) is 5.75 Å². The van der Waals surface area contributed by atoms with Gasteiger partial charge in [-0.15, -0.1) is 0 Å². The van der Waals surface area contributed by atoms with E-state index in [2.05, 4.69) is 15.9 Å². The Hall–Kier alpha value is -1.33. The van der Waals surface area contributed by atoms with E-state index in [1.54, 1.807) is 18.2 Å². The number of ether oxygens (including phenoxy) is 1. The van der Waals surface area contributed by atoms with E-state index in [0.29, 0.717) is 27.4 Å². The topological polar surface area (TPSA) is 54.6 Å². The minimum atomic E-state index is -0.0810. The lowest BCUT2D eigenvalue weighted by atomic mass is 10.3. The molecule has 18 heavy (non-hydrogen) atoms. The van der Waals surface area contributed by atoms with Crippen molar-refractivity contribution in [1.82, 2.24) is 4.57 Å². The van der Waals surface area contributed by atoms with Crippen LogP contribution in [0.25, 0.3) is 5.69 Å². The number of methoxy groups -OCH3 is 1.